The van der Waals surface area contributed by atoms with Gasteiger partial charge in [-0.15, -0.1) is 0 Å². The van der Waals surface area contributed by atoms with Gasteiger partial charge in [0.15, 0.2) is 0 Å². The van der Waals surface area contributed by atoms with E-state index in [-0.39, 0.29) is 42.8 Å². The second-order valence-electron chi connectivity index (χ2n) is 35.0. The number of nitrogens with two attached hydrogens (primary N) is 1. The molecule has 4 saturated heterocycles. The highest BCUT2D eigenvalue weighted by Gasteiger charge is 2.38. The maximum atomic E-state index is 11.2. The number of aryl methyl sites for hydroxylation is 1. The van der Waals surface area contributed by atoms with Crippen LogP contribution in [0.2, 0.25) is 0 Å². The number of nitrogens with zero attached hydrogens (tertiary/aromatic N) is 8. The van der Waals surface area contributed by atoms with E-state index in [1.807, 2.05) is 66.7 Å². The third-order valence-electron chi connectivity index (χ3n) is 25.8. The molecule has 4 heterocycles. The molecule has 4 aliphatic heterocycles. The van der Waals surface area contributed by atoms with Gasteiger partial charge in [0, 0.05) is 165 Å². The average molecular weight is 1740 g/mol. The van der Waals surface area contributed by atoms with Crippen LogP contribution in [0.1, 0.15) is 148 Å². The number of nitro groups is 1. The molecule has 672 valence electrons. The Bertz CT molecular complexity index is 5460. The van der Waals surface area contributed by atoms with E-state index in [1.165, 1.54) is 127 Å². The normalized spacial score (nSPS) is 16.0. The smallest absolute Gasteiger partial charge is 0.269 e. The predicted molar refractivity (Wildman–Crippen MR) is 540 cm³/mol. The molecule has 17 rings (SSSR count). The van der Waals surface area contributed by atoms with E-state index in [0.717, 1.165) is 161 Å². The number of nitro benzene ring substituents is 1. The number of likely N-dealkylation sites (N-methyl/N-ethyl adjacent to an activating group) is 3. The number of hydrogen-bond donors (Lipinski definition) is 6. The van der Waals surface area contributed by atoms with E-state index in [4.69, 9.17) is 5.73 Å². The van der Waals surface area contributed by atoms with Crippen LogP contribution >= 0.6 is 0 Å². The lowest BCUT2D eigenvalue weighted by atomic mass is 9.85. The van der Waals surface area contributed by atoms with Crippen molar-refractivity contribution in [2.24, 2.45) is 0 Å². The summed E-state index contributed by atoms with van der Waals surface area (Å²) >= 11 is 0. The Morgan fingerprint density at radius 2 is 0.585 bits per heavy atom. The molecule has 12 aromatic carbocycles. The van der Waals surface area contributed by atoms with Crippen LogP contribution in [-0.4, -0.2) is 195 Å². The number of phenols is 1. The molecule has 0 radical (unpaired) electrons. The van der Waals surface area contributed by atoms with Crippen LogP contribution in [-0.2, 0) is 0 Å². The Morgan fingerprint density at radius 3 is 0.854 bits per heavy atom. The summed E-state index contributed by atoms with van der Waals surface area (Å²) in [4.78, 5) is 27.9. The zero-order chi connectivity index (χ0) is 90.5. The van der Waals surface area contributed by atoms with Crippen molar-refractivity contribution in [3.8, 4) is 5.75 Å². The van der Waals surface area contributed by atoms with E-state index in [0.29, 0.717) is 25.2 Å². The first-order chi connectivity index (χ1) is 63.6. The molecule has 7 N–H and O–H groups in total. The van der Waals surface area contributed by atoms with E-state index < -0.39 is 0 Å². The molecule has 16 nitrogen and oxygen atoms in total. The van der Waals surface area contributed by atoms with Gasteiger partial charge in [-0.3, -0.25) is 15.0 Å². The van der Waals surface area contributed by atoms with Crippen molar-refractivity contribution in [2.75, 3.05) is 160 Å². The number of piperazine rings is 3. The van der Waals surface area contributed by atoms with Crippen molar-refractivity contribution in [3.63, 3.8) is 0 Å². The molecule has 5 aliphatic rings. The fourth-order valence-electron chi connectivity index (χ4n) is 18.1. The first-order valence-corrected chi connectivity index (χ1v) is 46.6. The highest BCUT2D eigenvalue weighted by Crippen LogP contribution is 2.44. The SMILES string of the molecule is CN1CCN(c2ccc(/C(=C(/CCCO)c3ccccc3)c3ccc(N)cc3)cc2)CC1.CN1CCN(c2ccc(/C(=C(/CCCO)c3ccccc3)c3ccc([N+](=O)[O-])cc3)cc2)CC1.Cc1ccc(/C(=C(\CCCO)c2ccccc2)c2ccc(N3CCN(C)CC3)cc2)cc1.OCCC/C(=C(\c1ccc(O)cc1)c1ccc(C2CN(C3CC3)C2)cc1)c1ccccc1. The van der Waals surface area contributed by atoms with Gasteiger partial charge in [-0.05, 0) is 282 Å². The summed E-state index contributed by atoms with van der Waals surface area (Å²) in [5.41, 5.74) is 36.5. The summed E-state index contributed by atoms with van der Waals surface area (Å²) in [5, 5.41) is 59.4. The van der Waals surface area contributed by atoms with Crippen molar-refractivity contribution in [1.82, 2.24) is 19.6 Å². The number of phenolic OH excluding ortho intramolecular Hbond substituents is 1. The number of rotatable bonds is 30. The molecular formula is C114H129N9O7. The maximum Gasteiger partial charge on any atom is 0.269 e. The monoisotopic (exact) mass is 1740 g/mol. The van der Waals surface area contributed by atoms with E-state index in [1.54, 1.807) is 24.3 Å². The molecule has 0 atom stereocenters. The van der Waals surface area contributed by atoms with Gasteiger partial charge in [0.1, 0.15) is 5.75 Å². The maximum absolute atomic E-state index is 11.2. The molecule has 130 heavy (non-hydrogen) atoms. The van der Waals surface area contributed by atoms with E-state index in [2.05, 4.69) is 287 Å². The Kier molecular flexibility index (Phi) is 34.1. The predicted octanol–water partition coefficient (Wildman–Crippen LogP) is 21.0. The molecule has 5 fully saturated rings. The molecule has 0 bridgehead atoms. The number of likely N-dealkylation sites (tertiary alicyclic amines) is 1. The number of hydrogen-bond acceptors (Lipinski definition) is 15. The van der Waals surface area contributed by atoms with Gasteiger partial charge in [0.2, 0.25) is 0 Å². The molecular weight excluding hydrogens is 1610 g/mol. The summed E-state index contributed by atoms with van der Waals surface area (Å²) in [7, 11) is 6.53. The van der Waals surface area contributed by atoms with Gasteiger partial charge in [-0.25, -0.2) is 0 Å². The van der Waals surface area contributed by atoms with Gasteiger partial charge in [-0.1, -0.05) is 236 Å². The molecule has 1 saturated carbocycles. The third-order valence-corrected chi connectivity index (χ3v) is 25.8. The standard InChI is InChI=1S/C29H34N2O.C29H31NO2.C28H31N3O3.C28H33N3O/c1-23-10-12-25(13-11-23)29(28(9-6-22-32)24-7-4-3-5-8-24)26-14-16-27(17-15-26)31-20-18-30(2)19-21-31;31-18-4-7-28(22-5-2-1-3-6-22)29(24-12-16-27(32)17-13-24)23-10-8-21(9-11-23)25-19-30(20-25)26-14-15-26;1-29-17-19-30(20-18-29)25-13-9-23(10-14-25)28(24-11-15-26(16-12-24)31(33)34)27(8-5-21-32)22-6-3-2-4-7-22;1-30-17-19-31(20-18-30)26-15-11-24(12-16-26)28(23-9-13-25(29)14-10-23)27(8-5-21-32)22-6-3-2-4-7-22/h3-5,7-8,10-17,32H,6,9,18-22H2,1-2H3;1-3,5-6,8-13,16-17,25-26,31-32H,4,7,14-15,18-20H2;2-4,6-7,9-16,32H,5,8,17-21H2,1H3;2-4,6-7,9-16,32H,5,8,17-21,29H2,1H3/b29-28-;29-28+;28-27+;28-27-. The number of allylic oxidation sites excluding steroid dienone is 4. The fourth-order valence-corrected chi connectivity index (χ4v) is 18.1. The van der Waals surface area contributed by atoms with Crippen LogP contribution in [0.25, 0.3) is 44.6 Å². The van der Waals surface area contributed by atoms with Gasteiger partial charge in [0.05, 0.1) is 4.92 Å². The van der Waals surface area contributed by atoms with Crippen molar-refractivity contribution < 1.29 is 30.5 Å². The summed E-state index contributed by atoms with van der Waals surface area (Å²) < 4.78 is 0. The Morgan fingerprint density at radius 1 is 0.331 bits per heavy atom. The molecule has 0 unspecified atom stereocenters. The highest BCUT2D eigenvalue weighted by molar-refractivity contribution is 6.02. The number of benzene rings is 12. The fraction of sp³-hybridized carbons (Fsp3) is 0.298. The molecule has 12 aromatic rings. The first-order valence-electron chi connectivity index (χ1n) is 46.6. The van der Waals surface area contributed by atoms with Gasteiger partial charge >= 0.3 is 0 Å². The summed E-state index contributed by atoms with van der Waals surface area (Å²) in [6, 6.07) is 109. The van der Waals surface area contributed by atoms with Crippen LogP contribution in [0.3, 0.4) is 0 Å². The number of aromatic hydroxyl groups is 1. The highest BCUT2D eigenvalue weighted by atomic mass is 16.6. The number of anilines is 4. The lowest BCUT2D eigenvalue weighted by Gasteiger charge is -2.40. The Hall–Kier alpha value is -12.3. The zero-order valence-corrected chi connectivity index (χ0v) is 76.2. The summed E-state index contributed by atoms with van der Waals surface area (Å²) in [6.07, 6.45) is 8.71. The third kappa shape index (κ3) is 25.4. The van der Waals surface area contributed by atoms with Crippen molar-refractivity contribution >= 4 is 73.0 Å². The minimum atomic E-state index is -0.373. The quantitative estimate of drug-likeness (QED) is 0.0108. The minimum Gasteiger partial charge on any atom is -0.508 e. The largest absolute Gasteiger partial charge is 0.508 e. The molecule has 0 aromatic heterocycles. The minimum absolute atomic E-state index is 0.0742. The Labute approximate surface area is 770 Å². The van der Waals surface area contributed by atoms with Crippen LogP contribution in [0.4, 0.5) is 28.4 Å². The number of nitrogen functional groups attached to an aromatic ring is 1. The van der Waals surface area contributed by atoms with Gasteiger partial charge < -0.3 is 60.7 Å². The zero-order valence-electron chi connectivity index (χ0n) is 76.2. The lowest BCUT2D eigenvalue weighted by Crippen LogP contribution is -2.46. The second kappa shape index (κ2) is 47.3. The first kappa shape index (κ1) is 93.8. The van der Waals surface area contributed by atoms with E-state index in [9.17, 15) is 35.6 Å². The van der Waals surface area contributed by atoms with Crippen LogP contribution in [0, 0.1) is 17.0 Å². The van der Waals surface area contributed by atoms with Gasteiger partial charge in [-0.2, -0.15) is 0 Å². The van der Waals surface area contributed by atoms with E-state index >= 15 is 0 Å². The molecule has 1 aliphatic carbocycles. The van der Waals surface area contributed by atoms with Crippen LogP contribution in [0.5, 0.6) is 5.75 Å². The average Bonchev–Trinajstić information content (AvgIpc) is 1.71. The summed E-state index contributed by atoms with van der Waals surface area (Å²) in [6.45, 7) is 17.9. The molecule has 16 heteroatoms. The summed E-state index contributed by atoms with van der Waals surface area (Å²) in [5.74, 6) is 0.916. The number of non-ortho nitro benzene ring substituents is 1. The second-order valence-corrected chi connectivity index (χ2v) is 35.0. The van der Waals surface area contributed by atoms with Crippen LogP contribution < -0.4 is 20.4 Å². The van der Waals surface area contributed by atoms with Crippen molar-refractivity contribution in [2.45, 2.75) is 83.1 Å². The van der Waals surface area contributed by atoms with Crippen molar-refractivity contribution in [1.29, 1.82) is 0 Å². The lowest BCUT2D eigenvalue weighted by molar-refractivity contribution is -0.384. The number of aliphatic hydroxyl groups is 4. The molecule has 0 amide bonds. The topological polar surface area (TPSA) is 193 Å². The van der Waals surface area contributed by atoms with Crippen molar-refractivity contribution in [3.05, 3.63) is 403 Å². The van der Waals surface area contributed by atoms with Gasteiger partial charge in [0.25, 0.3) is 5.69 Å². The van der Waals surface area contributed by atoms with Crippen LogP contribution in [0.15, 0.2) is 315 Å². The number of aliphatic hydroxyl groups excluding tert-OH is 4. The molecule has 0 spiro atoms. The Balaban J connectivity index is 0.000000140.